The number of benzene rings is 1. The van der Waals surface area contributed by atoms with Crippen LogP contribution in [0.2, 0.25) is 5.02 Å². The lowest BCUT2D eigenvalue weighted by Gasteiger charge is -2.24. The van der Waals surface area contributed by atoms with Crippen LogP contribution in [0.1, 0.15) is 38.3 Å². The summed E-state index contributed by atoms with van der Waals surface area (Å²) >= 11 is 5.68. The summed E-state index contributed by atoms with van der Waals surface area (Å²) in [5.41, 5.74) is 0. The van der Waals surface area contributed by atoms with Crippen molar-refractivity contribution in [3.05, 3.63) is 53.2 Å². The van der Waals surface area contributed by atoms with Crippen LogP contribution in [0.15, 0.2) is 41.0 Å². The van der Waals surface area contributed by atoms with Crippen molar-refractivity contribution < 1.29 is 36.7 Å². The summed E-state index contributed by atoms with van der Waals surface area (Å²) in [4.78, 5) is 12.3. The Morgan fingerprint density at radius 2 is 1.97 bits per heavy atom. The highest BCUT2D eigenvalue weighted by Crippen LogP contribution is 2.61. The molecule has 0 radical (unpaired) electrons. The maximum Gasteiger partial charge on any atom is 0.378 e. The minimum absolute atomic E-state index is 0.0356. The fourth-order valence-electron chi connectivity index (χ4n) is 2.42. The molecule has 10 heteroatoms. The van der Waals surface area contributed by atoms with E-state index >= 15 is 0 Å². The normalized spacial score (nSPS) is 12.6. The monoisotopic (exact) mass is 448 g/mol. The van der Waals surface area contributed by atoms with E-state index in [1.165, 1.54) is 24.5 Å². The third-order valence-electron chi connectivity index (χ3n) is 3.61. The first-order valence-corrected chi connectivity index (χ1v) is 11.1. The molecule has 0 saturated carbocycles. The summed E-state index contributed by atoms with van der Waals surface area (Å²) in [5.74, 6) is -2.37. The number of halogens is 2. The molecule has 0 aliphatic heterocycles. The van der Waals surface area contributed by atoms with E-state index in [9.17, 15) is 13.8 Å². The summed E-state index contributed by atoms with van der Waals surface area (Å²) < 4.78 is 53.2. The molecule has 0 bridgehead atoms. The fourth-order valence-corrected chi connectivity index (χ4v) is 4.35. The number of carbonyl (C=O) groups is 1. The van der Waals surface area contributed by atoms with Gasteiger partial charge in [0.05, 0.1) is 26.1 Å². The highest BCUT2D eigenvalue weighted by atomic mass is 35.5. The quantitative estimate of drug-likeness (QED) is 0.232. The number of furan rings is 1. The molecule has 1 heterocycles. The number of rotatable bonds is 12. The van der Waals surface area contributed by atoms with Gasteiger partial charge in [0.2, 0.25) is 0 Å². The van der Waals surface area contributed by atoms with E-state index in [-0.39, 0.29) is 49.2 Å². The smallest absolute Gasteiger partial charge is 0.378 e. The molecule has 1 aromatic heterocycles. The highest BCUT2D eigenvalue weighted by molar-refractivity contribution is 7.54. The molecule has 0 spiro atoms. The van der Waals surface area contributed by atoms with Gasteiger partial charge >= 0.3 is 13.6 Å². The summed E-state index contributed by atoms with van der Waals surface area (Å²) in [5, 5.41) is 0.260. The third-order valence-corrected chi connectivity index (χ3v) is 6.02. The Morgan fingerprint density at radius 1 is 1.24 bits per heavy atom. The van der Waals surface area contributed by atoms with Crippen molar-refractivity contribution in [1.29, 1.82) is 0 Å². The van der Waals surface area contributed by atoms with Crippen molar-refractivity contribution in [2.75, 3.05) is 19.8 Å². The molecule has 0 amide bonds. The van der Waals surface area contributed by atoms with Gasteiger partial charge in [0.15, 0.2) is 17.3 Å². The molecule has 1 unspecified atom stereocenters. The molecule has 1 aromatic carbocycles. The van der Waals surface area contributed by atoms with Crippen LogP contribution < -0.4 is 4.74 Å². The Hall–Kier alpha value is -1.86. The second kappa shape index (κ2) is 11.4. The maximum atomic E-state index is 13.7. The van der Waals surface area contributed by atoms with E-state index in [0.717, 1.165) is 6.07 Å². The van der Waals surface area contributed by atoms with E-state index < -0.39 is 25.2 Å². The minimum atomic E-state index is -3.80. The van der Waals surface area contributed by atoms with Gasteiger partial charge in [-0.1, -0.05) is 11.6 Å². The van der Waals surface area contributed by atoms with Gasteiger partial charge in [0.25, 0.3) is 5.85 Å². The average Bonchev–Trinajstić information content (AvgIpc) is 3.19. The lowest BCUT2D eigenvalue weighted by molar-refractivity contribution is -0.147. The van der Waals surface area contributed by atoms with Crippen molar-refractivity contribution >= 4 is 25.2 Å². The standard InChI is InChI=1S/C19H23ClFO7P/c1-3-26-29(23,27-4-2)19(17-7-5-11-25-17)28-18(22)8-6-12-24-16-10-9-14(20)13-15(16)21/h5,7,9-11,13,19H,3-4,6,8,12H2,1-2H3. The Bertz CT molecular complexity index is 818. The molecule has 1 atom stereocenters. The topological polar surface area (TPSA) is 84.2 Å². The Morgan fingerprint density at radius 3 is 2.55 bits per heavy atom. The minimum Gasteiger partial charge on any atom is -0.491 e. The SMILES string of the molecule is CCOP(=O)(OCC)C(OC(=O)CCCOc1ccc(Cl)cc1F)c1ccco1. The summed E-state index contributed by atoms with van der Waals surface area (Å²) in [7, 11) is -3.80. The van der Waals surface area contributed by atoms with Crippen molar-refractivity contribution in [3.63, 3.8) is 0 Å². The van der Waals surface area contributed by atoms with E-state index in [2.05, 4.69) is 0 Å². The van der Waals surface area contributed by atoms with Gasteiger partial charge in [-0.15, -0.1) is 0 Å². The van der Waals surface area contributed by atoms with Crippen LogP contribution in [0.5, 0.6) is 5.75 Å². The molecule has 160 valence electrons. The molecule has 2 aromatic rings. The third kappa shape index (κ3) is 6.85. The zero-order valence-electron chi connectivity index (χ0n) is 16.1. The molecule has 0 aliphatic carbocycles. The second-order valence-electron chi connectivity index (χ2n) is 5.76. The molecule has 29 heavy (non-hydrogen) atoms. The van der Waals surface area contributed by atoms with E-state index in [1.54, 1.807) is 19.9 Å². The molecular weight excluding hydrogens is 426 g/mol. The average molecular weight is 449 g/mol. The summed E-state index contributed by atoms with van der Waals surface area (Å²) in [6.45, 7) is 3.59. The molecule has 0 aliphatic rings. The van der Waals surface area contributed by atoms with E-state index in [0.29, 0.717) is 0 Å². The van der Waals surface area contributed by atoms with Gasteiger partial charge in [-0.25, -0.2) is 4.39 Å². The van der Waals surface area contributed by atoms with Crippen LogP contribution >= 0.6 is 19.2 Å². The molecule has 0 N–H and O–H groups in total. The molecular formula is C19H23ClFO7P. The highest BCUT2D eigenvalue weighted by Gasteiger charge is 2.42. The van der Waals surface area contributed by atoms with Crippen LogP contribution in [0.25, 0.3) is 0 Å². The first-order valence-electron chi connectivity index (χ1n) is 9.09. The van der Waals surface area contributed by atoms with Crippen LogP contribution in [-0.2, 0) is 23.1 Å². The Labute approximate surface area is 173 Å². The number of esters is 1. The van der Waals surface area contributed by atoms with Crippen molar-refractivity contribution in [2.45, 2.75) is 32.5 Å². The van der Waals surface area contributed by atoms with E-state index in [1.807, 2.05) is 0 Å². The molecule has 2 rings (SSSR count). The maximum absolute atomic E-state index is 13.7. The van der Waals surface area contributed by atoms with Crippen LogP contribution in [0, 0.1) is 5.82 Å². The first-order chi connectivity index (χ1) is 13.9. The lowest BCUT2D eigenvalue weighted by atomic mass is 10.3. The summed E-state index contributed by atoms with van der Waals surface area (Å²) in [6, 6.07) is 7.14. The van der Waals surface area contributed by atoms with Gasteiger partial charge in [-0.2, -0.15) is 0 Å². The van der Waals surface area contributed by atoms with Gasteiger partial charge in [-0.05, 0) is 50.6 Å². The van der Waals surface area contributed by atoms with Crippen molar-refractivity contribution in [1.82, 2.24) is 0 Å². The van der Waals surface area contributed by atoms with Crippen LogP contribution in [0.4, 0.5) is 4.39 Å². The first kappa shape index (κ1) is 23.4. The number of ether oxygens (including phenoxy) is 2. The van der Waals surface area contributed by atoms with Gasteiger partial charge < -0.3 is 22.9 Å². The molecule has 0 saturated heterocycles. The lowest BCUT2D eigenvalue weighted by Crippen LogP contribution is -2.15. The predicted molar refractivity (Wildman–Crippen MR) is 105 cm³/mol. The number of carbonyl (C=O) groups excluding carboxylic acids is 1. The zero-order valence-corrected chi connectivity index (χ0v) is 17.8. The Kier molecular flexibility index (Phi) is 9.17. The largest absolute Gasteiger partial charge is 0.491 e. The fraction of sp³-hybridized carbons (Fsp3) is 0.421. The summed E-state index contributed by atoms with van der Waals surface area (Å²) in [6.07, 6.45) is 1.57. The zero-order chi connectivity index (χ0) is 21.3. The van der Waals surface area contributed by atoms with Gasteiger partial charge in [0, 0.05) is 11.4 Å². The van der Waals surface area contributed by atoms with Crippen LogP contribution in [-0.4, -0.2) is 25.8 Å². The Balaban J connectivity index is 1.95. The van der Waals surface area contributed by atoms with Crippen LogP contribution in [0.3, 0.4) is 0 Å². The van der Waals surface area contributed by atoms with E-state index in [4.69, 9.17) is 34.5 Å². The number of hydrogen-bond donors (Lipinski definition) is 0. The van der Waals surface area contributed by atoms with Crippen molar-refractivity contribution in [3.8, 4) is 5.75 Å². The molecule has 7 nitrogen and oxygen atoms in total. The molecule has 0 fully saturated rings. The van der Waals surface area contributed by atoms with Crippen molar-refractivity contribution in [2.24, 2.45) is 0 Å². The van der Waals surface area contributed by atoms with Gasteiger partial charge in [-0.3, -0.25) is 9.36 Å². The second-order valence-corrected chi connectivity index (χ2v) is 8.26. The number of hydrogen-bond acceptors (Lipinski definition) is 7. The predicted octanol–water partition coefficient (Wildman–Crippen LogP) is 5.74. The van der Waals surface area contributed by atoms with Gasteiger partial charge in [0.1, 0.15) is 0 Å².